The molecule has 1 aliphatic carbocycles. The van der Waals surface area contributed by atoms with Crippen molar-refractivity contribution >= 4 is 21.8 Å². The third-order valence-electron chi connectivity index (χ3n) is 2.95. The lowest BCUT2D eigenvalue weighted by molar-refractivity contribution is -0.131. The van der Waals surface area contributed by atoms with Crippen LogP contribution in [0.15, 0.2) is 24.3 Å². The molecule has 0 N–H and O–H groups in total. The highest BCUT2D eigenvalue weighted by Gasteiger charge is 2.33. The molecule has 0 heterocycles. The van der Waals surface area contributed by atoms with Gasteiger partial charge in [0.2, 0.25) is 5.91 Å². The van der Waals surface area contributed by atoms with Gasteiger partial charge in [0.25, 0.3) is 0 Å². The minimum Gasteiger partial charge on any atom is -0.344 e. The maximum Gasteiger partial charge on any atom is 0.230 e. The van der Waals surface area contributed by atoms with Crippen molar-refractivity contribution in [2.24, 2.45) is 0 Å². The number of halogens is 1. The van der Waals surface area contributed by atoms with Crippen molar-refractivity contribution in [3.8, 4) is 0 Å². The van der Waals surface area contributed by atoms with Crippen molar-refractivity contribution < 1.29 is 4.79 Å². The summed E-state index contributed by atoms with van der Waals surface area (Å²) in [5.41, 5.74) is 2.53. The van der Waals surface area contributed by atoms with Crippen molar-refractivity contribution in [2.75, 3.05) is 18.9 Å². The Labute approximate surface area is 98.4 Å². The largest absolute Gasteiger partial charge is 0.344 e. The molecule has 3 heteroatoms. The van der Waals surface area contributed by atoms with Gasteiger partial charge in [-0.1, -0.05) is 40.2 Å². The zero-order chi connectivity index (χ0) is 10.8. The van der Waals surface area contributed by atoms with Crippen LogP contribution in [0, 0.1) is 0 Å². The molecule has 0 saturated heterocycles. The first-order valence-electron chi connectivity index (χ1n) is 5.12. The van der Waals surface area contributed by atoms with Gasteiger partial charge >= 0.3 is 0 Å². The minimum atomic E-state index is 0.102. The van der Waals surface area contributed by atoms with Crippen LogP contribution in [0.2, 0.25) is 0 Å². The molecule has 1 aromatic carbocycles. The lowest BCUT2D eigenvalue weighted by Crippen LogP contribution is -2.37. The van der Waals surface area contributed by atoms with Crippen LogP contribution < -0.4 is 0 Å². The maximum absolute atomic E-state index is 12.0. The predicted molar refractivity (Wildman–Crippen MR) is 64.3 cm³/mol. The number of benzene rings is 1. The van der Waals surface area contributed by atoms with Crippen molar-refractivity contribution in [2.45, 2.75) is 12.3 Å². The quantitative estimate of drug-likeness (QED) is 0.769. The van der Waals surface area contributed by atoms with Gasteiger partial charge < -0.3 is 4.90 Å². The van der Waals surface area contributed by atoms with Gasteiger partial charge in [0.1, 0.15) is 0 Å². The van der Waals surface area contributed by atoms with E-state index in [9.17, 15) is 4.79 Å². The fourth-order valence-corrected chi connectivity index (χ4v) is 2.51. The van der Waals surface area contributed by atoms with Gasteiger partial charge in [-0.2, -0.15) is 0 Å². The van der Waals surface area contributed by atoms with E-state index in [1.165, 1.54) is 11.1 Å². The molecule has 1 aromatic rings. The molecule has 1 unspecified atom stereocenters. The second-order valence-corrected chi connectivity index (χ2v) is 4.70. The Bertz CT molecular complexity index is 378. The molecule has 0 fully saturated rings. The summed E-state index contributed by atoms with van der Waals surface area (Å²) < 4.78 is 0. The summed E-state index contributed by atoms with van der Waals surface area (Å²) in [5.74, 6) is 0.346. The highest BCUT2D eigenvalue weighted by molar-refractivity contribution is 9.09. The number of hydrogen-bond donors (Lipinski definition) is 0. The Kier molecular flexibility index (Phi) is 3.10. The van der Waals surface area contributed by atoms with Gasteiger partial charge in [-0.05, 0) is 17.5 Å². The van der Waals surface area contributed by atoms with Gasteiger partial charge in [0.05, 0.1) is 5.92 Å². The van der Waals surface area contributed by atoms with E-state index in [1.54, 1.807) is 4.90 Å². The molecule has 15 heavy (non-hydrogen) atoms. The molecular formula is C12H14BrNO. The van der Waals surface area contributed by atoms with E-state index >= 15 is 0 Å². The molecule has 0 radical (unpaired) electrons. The monoisotopic (exact) mass is 267 g/mol. The Balaban J connectivity index is 2.07. The van der Waals surface area contributed by atoms with Gasteiger partial charge in [-0.25, -0.2) is 0 Å². The first kappa shape index (κ1) is 10.7. The lowest BCUT2D eigenvalue weighted by atomic mass is 9.77. The number of rotatable bonds is 3. The Hall–Kier alpha value is -0.830. The van der Waals surface area contributed by atoms with Crippen LogP contribution in [0.1, 0.15) is 17.0 Å². The van der Waals surface area contributed by atoms with E-state index in [-0.39, 0.29) is 11.8 Å². The fourth-order valence-electron chi connectivity index (χ4n) is 1.98. The van der Waals surface area contributed by atoms with Crippen LogP contribution in [-0.2, 0) is 11.2 Å². The Morgan fingerprint density at radius 3 is 2.93 bits per heavy atom. The summed E-state index contributed by atoms with van der Waals surface area (Å²) in [6.45, 7) is 0.775. The Morgan fingerprint density at radius 1 is 1.53 bits per heavy atom. The number of fused-ring (bicyclic) bond motifs is 1. The number of alkyl halides is 1. The summed E-state index contributed by atoms with van der Waals surface area (Å²) in [6, 6.07) is 8.19. The van der Waals surface area contributed by atoms with E-state index in [1.807, 2.05) is 19.2 Å². The van der Waals surface area contributed by atoms with Gasteiger partial charge in [0.15, 0.2) is 0 Å². The van der Waals surface area contributed by atoms with Crippen molar-refractivity contribution in [1.82, 2.24) is 4.90 Å². The molecule has 2 rings (SSSR count). The van der Waals surface area contributed by atoms with E-state index in [0.717, 1.165) is 18.3 Å². The second kappa shape index (κ2) is 4.35. The summed E-state index contributed by atoms with van der Waals surface area (Å²) in [6.07, 6.45) is 0.904. The van der Waals surface area contributed by atoms with Crippen LogP contribution in [0.5, 0.6) is 0 Å². The topological polar surface area (TPSA) is 20.3 Å². The van der Waals surface area contributed by atoms with Crippen molar-refractivity contribution in [3.63, 3.8) is 0 Å². The average molecular weight is 268 g/mol. The van der Waals surface area contributed by atoms with Crippen LogP contribution in [0.25, 0.3) is 0 Å². The number of likely N-dealkylation sites (N-methyl/N-ethyl adjacent to an activating group) is 1. The van der Waals surface area contributed by atoms with Gasteiger partial charge in [0, 0.05) is 18.9 Å². The van der Waals surface area contributed by atoms with Crippen LogP contribution >= 0.6 is 15.9 Å². The Morgan fingerprint density at radius 2 is 2.27 bits per heavy atom. The van der Waals surface area contributed by atoms with Gasteiger partial charge in [-0.3, -0.25) is 4.79 Å². The summed E-state index contributed by atoms with van der Waals surface area (Å²) in [5, 5.41) is 0.837. The van der Waals surface area contributed by atoms with Crippen molar-refractivity contribution in [1.29, 1.82) is 0 Å². The van der Waals surface area contributed by atoms with Crippen LogP contribution in [-0.4, -0.2) is 29.7 Å². The highest BCUT2D eigenvalue weighted by Crippen LogP contribution is 2.35. The zero-order valence-corrected chi connectivity index (χ0v) is 10.3. The number of hydrogen-bond acceptors (Lipinski definition) is 1. The van der Waals surface area contributed by atoms with Gasteiger partial charge in [-0.15, -0.1) is 0 Å². The van der Waals surface area contributed by atoms with Crippen LogP contribution in [0.4, 0.5) is 0 Å². The van der Waals surface area contributed by atoms with E-state index in [0.29, 0.717) is 0 Å². The number of carbonyl (C=O) groups is 1. The van der Waals surface area contributed by atoms with E-state index in [4.69, 9.17) is 0 Å². The number of carbonyl (C=O) groups excluding carboxylic acids is 1. The van der Waals surface area contributed by atoms with Crippen molar-refractivity contribution in [3.05, 3.63) is 35.4 Å². The third-order valence-corrected chi connectivity index (χ3v) is 3.30. The molecule has 80 valence electrons. The molecule has 0 aliphatic heterocycles. The molecule has 1 aliphatic rings. The van der Waals surface area contributed by atoms with Crippen LogP contribution in [0.3, 0.4) is 0 Å². The first-order valence-corrected chi connectivity index (χ1v) is 6.25. The predicted octanol–water partition coefficient (Wildman–Crippen LogP) is 2.18. The third kappa shape index (κ3) is 1.93. The first-order chi connectivity index (χ1) is 7.24. The molecule has 2 nitrogen and oxygen atoms in total. The second-order valence-electron chi connectivity index (χ2n) is 3.90. The molecule has 1 amide bonds. The molecule has 0 aromatic heterocycles. The standard InChI is InChI=1S/C12H14BrNO/c1-14(7-6-13)12(15)11-8-9-4-2-3-5-10(9)11/h2-5,11H,6-8H2,1H3. The maximum atomic E-state index is 12.0. The summed E-state index contributed by atoms with van der Waals surface area (Å²) in [7, 11) is 1.87. The van der Waals surface area contributed by atoms with E-state index < -0.39 is 0 Å². The minimum absolute atomic E-state index is 0.102. The highest BCUT2D eigenvalue weighted by atomic mass is 79.9. The molecule has 0 spiro atoms. The molecule has 1 atom stereocenters. The molecule has 0 saturated carbocycles. The smallest absolute Gasteiger partial charge is 0.230 e. The molecular weight excluding hydrogens is 254 g/mol. The summed E-state index contributed by atoms with van der Waals surface area (Å²) >= 11 is 3.35. The zero-order valence-electron chi connectivity index (χ0n) is 8.74. The average Bonchev–Trinajstić information content (AvgIpc) is 2.20. The lowest BCUT2D eigenvalue weighted by Gasteiger charge is -2.32. The number of nitrogens with zero attached hydrogens (tertiary/aromatic N) is 1. The summed E-state index contributed by atoms with van der Waals surface area (Å²) in [4.78, 5) is 13.8. The normalized spacial score (nSPS) is 17.9. The fraction of sp³-hybridized carbons (Fsp3) is 0.417. The SMILES string of the molecule is CN(CCBr)C(=O)C1Cc2ccccc21. The van der Waals surface area contributed by atoms with E-state index in [2.05, 4.69) is 28.1 Å². The number of amides is 1. The molecule has 0 bridgehead atoms.